The number of hydrogen-bond acceptors (Lipinski definition) is 2. The molecule has 0 saturated carbocycles. The summed E-state index contributed by atoms with van der Waals surface area (Å²) in [6.07, 6.45) is 0.233. The van der Waals surface area contributed by atoms with E-state index >= 15 is 0 Å². The van der Waals surface area contributed by atoms with E-state index in [1.165, 1.54) is 0 Å². The molecule has 2 heteroatoms. The molecule has 0 saturated heterocycles. The zero-order chi connectivity index (χ0) is 8.55. The molecule has 1 aromatic rings. The van der Waals surface area contributed by atoms with Crippen molar-refractivity contribution < 1.29 is 9.53 Å². The van der Waals surface area contributed by atoms with Crippen molar-refractivity contribution >= 4 is 5.78 Å². The maximum atomic E-state index is 11.2. The molecule has 0 radical (unpaired) electrons. The molecule has 0 amide bonds. The van der Waals surface area contributed by atoms with Crippen LogP contribution in [0.4, 0.5) is 0 Å². The van der Waals surface area contributed by atoms with Gasteiger partial charge in [0.05, 0.1) is 0 Å². The van der Waals surface area contributed by atoms with Gasteiger partial charge in [-0.1, -0.05) is 18.2 Å². The monoisotopic (exact) mass is 162 g/mol. The van der Waals surface area contributed by atoms with Crippen LogP contribution in [0.3, 0.4) is 0 Å². The molecule has 0 aliphatic carbocycles. The number of ether oxygens (including phenoxy) is 1. The van der Waals surface area contributed by atoms with Crippen LogP contribution >= 0.6 is 0 Å². The average Bonchev–Trinajstić information content (AvgIpc) is 2.07. The van der Waals surface area contributed by atoms with Gasteiger partial charge in [-0.3, -0.25) is 4.79 Å². The average molecular weight is 162 g/mol. The van der Waals surface area contributed by atoms with E-state index in [0.29, 0.717) is 6.42 Å². The molecular formula is C10H10O2. The van der Waals surface area contributed by atoms with Gasteiger partial charge in [0.2, 0.25) is 0 Å². The van der Waals surface area contributed by atoms with E-state index in [4.69, 9.17) is 4.74 Å². The molecule has 2 nitrogen and oxygen atoms in total. The molecule has 1 heterocycles. The molecule has 0 spiro atoms. The molecule has 12 heavy (non-hydrogen) atoms. The Kier molecular flexibility index (Phi) is 1.61. The van der Waals surface area contributed by atoms with Gasteiger partial charge in [-0.15, -0.1) is 0 Å². The number of fused-ring (bicyclic) bond motifs is 1. The Bertz CT molecular complexity index is 317. The Hall–Kier alpha value is -1.31. The lowest BCUT2D eigenvalue weighted by Gasteiger charge is -2.21. The standard InChI is InChI=1S/C10H10O2/c1-7-9(11)6-8-4-2-3-5-10(8)12-7/h2-5,7H,6H2,1H3. The lowest BCUT2D eigenvalue weighted by atomic mass is 10.0. The van der Waals surface area contributed by atoms with Crippen LogP contribution < -0.4 is 4.74 Å². The minimum atomic E-state index is -0.278. The molecule has 2 rings (SSSR count). The maximum absolute atomic E-state index is 11.2. The lowest BCUT2D eigenvalue weighted by Crippen LogP contribution is -2.30. The maximum Gasteiger partial charge on any atom is 0.177 e. The Morgan fingerprint density at radius 2 is 2.17 bits per heavy atom. The summed E-state index contributed by atoms with van der Waals surface area (Å²) in [6.45, 7) is 1.79. The van der Waals surface area contributed by atoms with E-state index in [0.717, 1.165) is 11.3 Å². The summed E-state index contributed by atoms with van der Waals surface area (Å²) in [4.78, 5) is 11.2. The zero-order valence-electron chi connectivity index (χ0n) is 6.91. The summed E-state index contributed by atoms with van der Waals surface area (Å²) in [5, 5.41) is 0. The Morgan fingerprint density at radius 3 is 3.00 bits per heavy atom. The number of para-hydroxylation sites is 1. The summed E-state index contributed by atoms with van der Waals surface area (Å²) in [7, 11) is 0. The fourth-order valence-corrected chi connectivity index (χ4v) is 1.35. The first-order valence-corrected chi connectivity index (χ1v) is 4.04. The van der Waals surface area contributed by atoms with Crippen LogP contribution in [0.1, 0.15) is 12.5 Å². The van der Waals surface area contributed by atoms with E-state index in [-0.39, 0.29) is 11.9 Å². The van der Waals surface area contributed by atoms with Crippen LogP contribution in [0.15, 0.2) is 24.3 Å². The van der Waals surface area contributed by atoms with Crippen molar-refractivity contribution in [2.45, 2.75) is 19.4 Å². The fourth-order valence-electron chi connectivity index (χ4n) is 1.35. The molecule has 0 aromatic heterocycles. The quantitative estimate of drug-likeness (QED) is 0.579. The fraction of sp³-hybridized carbons (Fsp3) is 0.300. The SMILES string of the molecule is CC1Oc2ccccc2CC1=O. The highest BCUT2D eigenvalue weighted by Gasteiger charge is 2.22. The van der Waals surface area contributed by atoms with Crippen molar-refractivity contribution in [1.82, 2.24) is 0 Å². The van der Waals surface area contributed by atoms with Gasteiger partial charge < -0.3 is 4.74 Å². The van der Waals surface area contributed by atoms with Crippen LogP contribution in [0.25, 0.3) is 0 Å². The summed E-state index contributed by atoms with van der Waals surface area (Å²) in [5.41, 5.74) is 1.00. The van der Waals surface area contributed by atoms with E-state index < -0.39 is 0 Å². The topological polar surface area (TPSA) is 26.3 Å². The summed E-state index contributed by atoms with van der Waals surface area (Å²) >= 11 is 0. The summed E-state index contributed by atoms with van der Waals surface area (Å²) in [6, 6.07) is 7.67. The Labute approximate surface area is 71.2 Å². The van der Waals surface area contributed by atoms with Crippen molar-refractivity contribution in [3.63, 3.8) is 0 Å². The number of carbonyl (C=O) groups excluding carboxylic acids is 1. The lowest BCUT2D eigenvalue weighted by molar-refractivity contribution is -0.125. The first kappa shape index (κ1) is 7.35. The molecule has 1 aliphatic heterocycles. The van der Waals surface area contributed by atoms with E-state index in [1.54, 1.807) is 6.92 Å². The number of benzene rings is 1. The van der Waals surface area contributed by atoms with Crippen LogP contribution in [0.5, 0.6) is 5.75 Å². The van der Waals surface area contributed by atoms with Gasteiger partial charge in [-0.25, -0.2) is 0 Å². The third-order valence-electron chi connectivity index (χ3n) is 2.09. The summed E-state index contributed by atoms with van der Waals surface area (Å²) < 4.78 is 5.39. The Balaban J connectivity index is 2.40. The number of hydrogen-bond donors (Lipinski definition) is 0. The smallest absolute Gasteiger partial charge is 0.177 e. The van der Waals surface area contributed by atoms with Gasteiger partial charge in [0.15, 0.2) is 11.9 Å². The number of ketones is 1. The first-order valence-electron chi connectivity index (χ1n) is 4.04. The number of carbonyl (C=O) groups is 1. The van der Waals surface area contributed by atoms with Crippen molar-refractivity contribution in [3.8, 4) is 5.75 Å². The number of rotatable bonds is 0. The predicted molar refractivity (Wildman–Crippen MR) is 45.2 cm³/mol. The first-order chi connectivity index (χ1) is 5.77. The second-order valence-electron chi connectivity index (χ2n) is 3.01. The third-order valence-corrected chi connectivity index (χ3v) is 2.09. The van der Waals surface area contributed by atoms with Crippen LogP contribution in [0, 0.1) is 0 Å². The third kappa shape index (κ3) is 1.09. The van der Waals surface area contributed by atoms with Gasteiger partial charge in [-0.05, 0) is 13.0 Å². The predicted octanol–water partition coefficient (Wildman–Crippen LogP) is 1.58. The van der Waals surface area contributed by atoms with Crippen LogP contribution in [0.2, 0.25) is 0 Å². The molecule has 62 valence electrons. The zero-order valence-corrected chi connectivity index (χ0v) is 6.91. The molecule has 1 aromatic carbocycles. The van der Waals surface area contributed by atoms with Crippen molar-refractivity contribution in [2.75, 3.05) is 0 Å². The number of Topliss-reactive ketones (excluding diaryl/α,β-unsaturated/α-hetero) is 1. The normalized spacial score (nSPS) is 21.4. The van der Waals surface area contributed by atoms with Gasteiger partial charge >= 0.3 is 0 Å². The highest BCUT2D eigenvalue weighted by Crippen LogP contribution is 2.24. The van der Waals surface area contributed by atoms with Gasteiger partial charge in [0, 0.05) is 12.0 Å². The minimum Gasteiger partial charge on any atom is -0.483 e. The van der Waals surface area contributed by atoms with E-state index in [2.05, 4.69) is 0 Å². The highest BCUT2D eigenvalue weighted by atomic mass is 16.5. The Morgan fingerprint density at radius 1 is 1.42 bits per heavy atom. The molecule has 1 unspecified atom stereocenters. The minimum absolute atomic E-state index is 0.161. The summed E-state index contributed by atoms with van der Waals surface area (Å²) in [5.74, 6) is 1.01. The van der Waals surface area contributed by atoms with Crippen molar-refractivity contribution in [3.05, 3.63) is 29.8 Å². The van der Waals surface area contributed by atoms with Gasteiger partial charge in [-0.2, -0.15) is 0 Å². The molecule has 1 atom stereocenters. The molecule has 0 N–H and O–H groups in total. The second kappa shape index (κ2) is 2.63. The van der Waals surface area contributed by atoms with Crippen molar-refractivity contribution in [1.29, 1.82) is 0 Å². The van der Waals surface area contributed by atoms with Crippen molar-refractivity contribution in [2.24, 2.45) is 0 Å². The molecule has 0 fully saturated rings. The van der Waals surface area contributed by atoms with Crippen LogP contribution in [-0.4, -0.2) is 11.9 Å². The molecular weight excluding hydrogens is 152 g/mol. The molecule has 0 bridgehead atoms. The van der Waals surface area contributed by atoms with Gasteiger partial charge in [0.25, 0.3) is 0 Å². The largest absolute Gasteiger partial charge is 0.483 e. The van der Waals surface area contributed by atoms with E-state index in [9.17, 15) is 4.79 Å². The second-order valence-corrected chi connectivity index (χ2v) is 3.01. The molecule has 1 aliphatic rings. The van der Waals surface area contributed by atoms with E-state index in [1.807, 2.05) is 24.3 Å². The highest BCUT2D eigenvalue weighted by molar-refractivity contribution is 5.87. The van der Waals surface area contributed by atoms with Gasteiger partial charge in [0.1, 0.15) is 5.75 Å². The van der Waals surface area contributed by atoms with Crippen LogP contribution in [-0.2, 0) is 11.2 Å².